The molecule has 26 heavy (non-hydrogen) atoms. The summed E-state index contributed by atoms with van der Waals surface area (Å²) in [5, 5.41) is 6.67. The minimum Gasteiger partial charge on any atom is -0.385 e. The van der Waals surface area contributed by atoms with Gasteiger partial charge in [0.1, 0.15) is 0 Å². The number of aliphatic imine (C=N–C) groups is 1. The molecule has 1 rings (SSSR count). The van der Waals surface area contributed by atoms with Gasteiger partial charge in [0.05, 0.1) is 6.26 Å². The van der Waals surface area contributed by atoms with Crippen molar-refractivity contribution in [1.29, 1.82) is 0 Å². The molecule has 0 radical (unpaired) electrons. The second-order valence-electron chi connectivity index (χ2n) is 6.63. The molecule has 8 nitrogen and oxygen atoms in total. The highest BCUT2D eigenvalue weighted by atomic mass is 127. The van der Waals surface area contributed by atoms with Gasteiger partial charge in [-0.3, -0.25) is 4.99 Å². The number of hydrogen-bond acceptors (Lipinski definition) is 5. The third-order valence-corrected chi connectivity index (χ3v) is 5.80. The molecule has 10 heteroatoms. The number of piperidine rings is 1. The van der Waals surface area contributed by atoms with E-state index in [0.717, 1.165) is 58.0 Å². The molecule has 0 saturated carbocycles. The molecule has 0 aromatic heterocycles. The first-order valence-electron chi connectivity index (χ1n) is 8.94. The molecule has 0 aliphatic carbocycles. The van der Waals surface area contributed by atoms with Crippen LogP contribution in [0.1, 0.15) is 19.3 Å². The lowest BCUT2D eigenvalue weighted by Crippen LogP contribution is -2.45. The number of halogens is 1. The van der Waals surface area contributed by atoms with Gasteiger partial charge in [0.2, 0.25) is 10.0 Å². The molecule has 0 aromatic carbocycles. The van der Waals surface area contributed by atoms with Gasteiger partial charge >= 0.3 is 0 Å². The second-order valence-corrected chi connectivity index (χ2v) is 8.62. The van der Waals surface area contributed by atoms with Crippen molar-refractivity contribution in [2.24, 2.45) is 10.9 Å². The molecule has 0 aromatic rings. The monoisotopic (exact) mass is 505 g/mol. The van der Waals surface area contributed by atoms with Gasteiger partial charge in [-0.25, -0.2) is 12.7 Å². The number of likely N-dealkylation sites (N-methyl/N-ethyl adjacent to an activating group) is 1. The fourth-order valence-corrected chi connectivity index (χ4v) is 3.74. The van der Waals surface area contributed by atoms with Crippen molar-refractivity contribution in [3.05, 3.63) is 0 Å². The molecule has 0 spiro atoms. The van der Waals surface area contributed by atoms with Crippen molar-refractivity contribution in [2.45, 2.75) is 19.3 Å². The maximum Gasteiger partial charge on any atom is 0.211 e. The first-order valence-corrected chi connectivity index (χ1v) is 10.8. The predicted molar refractivity (Wildman–Crippen MR) is 118 cm³/mol. The summed E-state index contributed by atoms with van der Waals surface area (Å²) in [5.41, 5.74) is 0. The third-order valence-electron chi connectivity index (χ3n) is 4.50. The van der Waals surface area contributed by atoms with E-state index in [9.17, 15) is 8.42 Å². The minimum absolute atomic E-state index is 0. The Morgan fingerprint density at radius 1 is 1.27 bits per heavy atom. The van der Waals surface area contributed by atoms with Crippen LogP contribution in [0.25, 0.3) is 0 Å². The van der Waals surface area contributed by atoms with Crippen LogP contribution in [0.3, 0.4) is 0 Å². The van der Waals surface area contributed by atoms with Crippen molar-refractivity contribution in [3.63, 3.8) is 0 Å². The molecule has 1 heterocycles. The van der Waals surface area contributed by atoms with Crippen LogP contribution in [-0.2, 0) is 14.8 Å². The summed E-state index contributed by atoms with van der Waals surface area (Å²) in [6.07, 6.45) is 4.09. The summed E-state index contributed by atoms with van der Waals surface area (Å²) < 4.78 is 29.7. The van der Waals surface area contributed by atoms with E-state index < -0.39 is 10.0 Å². The van der Waals surface area contributed by atoms with Crippen LogP contribution in [0.15, 0.2) is 4.99 Å². The zero-order chi connectivity index (χ0) is 18.7. The fraction of sp³-hybridized carbons (Fsp3) is 0.938. The number of sulfonamides is 1. The SMILES string of the molecule is CN=C(NCCN(C)CCCOC)NCC1CCN(S(C)(=O)=O)CC1.I. The smallest absolute Gasteiger partial charge is 0.211 e. The average Bonchev–Trinajstić information content (AvgIpc) is 2.57. The number of nitrogens with zero attached hydrogens (tertiary/aromatic N) is 3. The van der Waals surface area contributed by atoms with Gasteiger partial charge in [0.15, 0.2) is 5.96 Å². The Bertz CT molecular complexity index is 496. The molecule has 0 atom stereocenters. The Balaban J connectivity index is 0.00000625. The number of nitrogens with one attached hydrogen (secondary N) is 2. The topological polar surface area (TPSA) is 86.3 Å². The molecule has 1 aliphatic heterocycles. The highest BCUT2D eigenvalue weighted by molar-refractivity contribution is 14.0. The summed E-state index contributed by atoms with van der Waals surface area (Å²) in [7, 11) is 2.54. The van der Waals surface area contributed by atoms with Crippen molar-refractivity contribution < 1.29 is 13.2 Å². The molecule has 0 unspecified atom stereocenters. The van der Waals surface area contributed by atoms with Crippen LogP contribution < -0.4 is 10.6 Å². The van der Waals surface area contributed by atoms with E-state index in [0.29, 0.717) is 19.0 Å². The molecular formula is C16H36IN5O3S. The van der Waals surface area contributed by atoms with Crippen LogP contribution in [0.5, 0.6) is 0 Å². The number of hydrogen-bond donors (Lipinski definition) is 2. The summed E-state index contributed by atoms with van der Waals surface area (Å²) in [6.45, 7) is 5.63. The molecular weight excluding hydrogens is 469 g/mol. The molecule has 0 amide bonds. The van der Waals surface area contributed by atoms with Crippen LogP contribution >= 0.6 is 24.0 Å². The summed E-state index contributed by atoms with van der Waals surface area (Å²) in [4.78, 5) is 6.51. The highest BCUT2D eigenvalue weighted by Gasteiger charge is 2.24. The van der Waals surface area contributed by atoms with Gasteiger partial charge in [0.25, 0.3) is 0 Å². The van der Waals surface area contributed by atoms with E-state index in [4.69, 9.17) is 4.74 Å². The second kappa shape index (κ2) is 13.9. The Kier molecular flexibility index (Phi) is 13.8. The molecule has 156 valence electrons. The fourth-order valence-electron chi connectivity index (χ4n) is 2.86. The average molecular weight is 505 g/mol. The lowest BCUT2D eigenvalue weighted by Gasteiger charge is -2.30. The molecule has 0 bridgehead atoms. The van der Waals surface area contributed by atoms with E-state index in [-0.39, 0.29) is 24.0 Å². The van der Waals surface area contributed by atoms with Gasteiger partial charge < -0.3 is 20.3 Å². The Labute approximate surface area is 176 Å². The number of ether oxygens (including phenoxy) is 1. The minimum atomic E-state index is -3.05. The van der Waals surface area contributed by atoms with Gasteiger partial charge in [-0.1, -0.05) is 0 Å². The first kappa shape index (κ1) is 25.8. The van der Waals surface area contributed by atoms with E-state index in [1.165, 1.54) is 6.26 Å². The first-order chi connectivity index (χ1) is 11.9. The summed E-state index contributed by atoms with van der Waals surface area (Å²) in [5.74, 6) is 1.28. The van der Waals surface area contributed by atoms with Crippen LogP contribution in [0, 0.1) is 5.92 Å². The molecule has 2 N–H and O–H groups in total. The normalized spacial score (nSPS) is 17.2. The van der Waals surface area contributed by atoms with Crippen LogP contribution in [-0.4, -0.2) is 96.9 Å². The quantitative estimate of drug-likeness (QED) is 0.194. The van der Waals surface area contributed by atoms with Gasteiger partial charge in [-0.05, 0) is 32.2 Å². The van der Waals surface area contributed by atoms with Crippen LogP contribution in [0.4, 0.5) is 0 Å². The number of guanidine groups is 1. The van der Waals surface area contributed by atoms with Crippen molar-refractivity contribution in [2.75, 3.05) is 73.3 Å². The maximum absolute atomic E-state index is 11.5. The van der Waals surface area contributed by atoms with E-state index in [1.807, 2.05) is 0 Å². The number of rotatable bonds is 10. The lowest BCUT2D eigenvalue weighted by molar-refractivity contribution is 0.180. The van der Waals surface area contributed by atoms with Gasteiger partial charge in [-0.2, -0.15) is 0 Å². The zero-order valence-electron chi connectivity index (χ0n) is 16.5. The van der Waals surface area contributed by atoms with Gasteiger partial charge in [0, 0.05) is 60.0 Å². The number of methoxy groups -OCH3 is 1. The van der Waals surface area contributed by atoms with Crippen LogP contribution in [0.2, 0.25) is 0 Å². The third kappa shape index (κ3) is 10.9. The molecule has 1 fully saturated rings. The zero-order valence-corrected chi connectivity index (χ0v) is 19.7. The Morgan fingerprint density at radius 2 is 1.92 bits per heavy atom. The summed E-state index contributed by atoms with van der Waals surface area (Å²) in [6, 6.07) is 0. The van der Waals surface area contributed by atoms with Crippen molar-refractivity contribution >= 4 is 40.0 Å². The summed E-state index contributed by atoms with van der Waals surface area (Å²) >= 11 is 0. The lowest BCUT2D eigenvalue weighted by atomic mass is 9.98. The largest absolute Gasteiger partial charge is 0.385 e. The van der Waals surface area contributed by atoms with Crippen molar-refractivity contribution in [3.8, 4) is 0 Å². The Hall–Kier alpha value is -0.170. The van der Waals surface area contributed by atoms with Gasteiger partial charge in [-0.15, -0.1) is 24.0 Å². The highest BCUT2D eigenvalue weighted by Crippen LogP contribution is 2.18. The maximum atomic E-state index is 11.5. The van der Waals surface area contributed by atoms with Crippen molar-refractivity contribution in [1.82, 2.24) is 19.8 Å². The molecule has 1 aliphatic rings. The van der Waals surface area contributed by atoms with E-state index in [1.54, 1.807) is 18.5 Å². The van der Waals surface area contributed by atoms with E-state index >= 15 is 0 Å². The van der Waals surface area contributed by atoms with E-state index in [2.05, 4.69) is 27.6 Å². The molecule has 1 saturated heterocycles. The standard InChI is InChI=1S/C16H35N5O3S.HI/c1-17-16(18-8-12-20(2)9-5-13-24-3)19-14-15-6-10-21(11-7-15)25(4,22)23;/h15H,5-14H2,1-4H3,(H2,17,18,19);1H. The Morgan fingerprint density at radius 3 is 2.46 bits per heavy atom. The predicted octanol–water partition coefficient (Wildman–Crippen LogP) is 0.409.